The first-order valence-electron chi connectivity index (χ1n) is 3.63. The molecule has 6 nitrogen and oxygen atoms in total. The number of carbonyl (C=O) groups is 2. The van der Waals surface area contributed by atoms with E-state index in [9.17, 15) is 9.59 Å². The molecule has 13 heavy (non-hydrogen) atoms. The molecule has 0 aliphatic heterocycles. The first-order valence-corrected chi connectivity index (χ1v) is 3.63. The summed E-state index contributed by atoms with van der Waals surface area (Å²) >= 11 is 0. The van der Waals surface area contributed by atoms with Crippen molar-refractivity contribution in [3.05, 3.63) is 0 Å². The lowest BCUT2D eigenvalue weighted by molar-refractivity contribution is -0.137. The second kappa shape index (κ2) is 5.99. The number of carboxylic acids is 2. The monoisotopic (exact) mass is 189 g/mol. The van der Waals surface area contributed by atoms with E-state index in [4.69, 9.17) is 10.2 Å². The topological polar surface area (TPSA) is 96.2 Å². The number of rotatable bonds is 6. The Morgan fingerprint density at radius 3 is 2.31 bits per heavy atom. The molecule has 0 saturated carbocycles. The quantitative estimate of drug-likeness (QED) is 0.463. The van der Waals surface area contributed by atoms with Gasteiger partial charge in [0.15, 0.2) is 5.71 Å². The lowest BCUT2D eigenvalue weighted by Gasteiger charge is -1.98. The molecule has 0 aliphatic carbocycles. The highest BCUT2D eigenvalue weighted by Crippen LogP contribution is 1.98. The van der Waals surface area contributed by atoms with E-state index in [0.29, 0.717) is 0 Å². The van der Waals surface area contributed by atoms with Gasteiger partial charge < -0.3 is 15.1 Å². The Bertz CT molecular complexity index is 223. The van der Waals surface area contributed by atoms with Crippen LogP contribution in [-0.2, 0) is 14.4 Å². The van der Waals surface area contributed by atoms with Crippen LogP contribution in [0.15, 0.2) is 5.16 Å². The predicted molar refractivity (Wildman–Crippen MR) is 43.6 cm³/mol. The van der Waals surface area contributed by atoms with E-state index in [0.717, 1.165) is 0 Å². The Kier molecular flexibility index (Phi) is 5.25. The van der Waals surface area contributed by atoms with Crippen molar-refractivity contribution < 1.29 is 24.6 Å². The molecule has 0 aromatic rings. The van der Waals surface area contributed by atoms with Crippen LogP contribution >= 0.6 is 0 Å². The summed E-state index contributed by atoms with van der Waals surface area (Å²) in [6.07, 6.45) is 0.259. The van der Waals surface area contributed by atoms with E-state index in [2.05, 4.69) is 9.99 Å². The summed E-state index contributed by atoms with van der Waals surface area (Å²) in [5.74, 6) is -2.14. The van der Waals surface area contributed by atoms with Crippen molar-refractivity contribution in [2.45, 2.75) is 19.3 Å². The molecule has 0 saturated heterocycles. The van der Waals surface area contributed by atoms with Crippen molar-refractivity contribution in [2.75, 3.05) is 7.11 Å². The molecule has 0 rings (SSSR count). The highest BCUT2D eigenvalue weighted by Gasteiger charge is 2.10. The average Bonchev–Trinajstić information content (AvgIpc) is 2.02. The van der Waals surface area contributed by atoms with Crippen LogP contribution in [0, 0.1) is 0 Å². The van der Waals surface area contributed by atoms with Gasteiger partial charge in [-0.25, -0.2) is 4.79 Å². The van der Waals surface area contributed by atoms with Crippen LogP contribution in [0.2, 0.25) is 0 Å². The molecule has 6 heteroatoms. The molecule has 0 atom stereocenters. The SMILES string of the molecule is CON=C(CCCC(=O)O)C(=O)O. The number of hydrogen-bond acceptors (Lipinski definition) is 4. The van der Waals surface area contributed by atoms with Crippen LogP contribution in [0.4, 0.5) is 0 Å². The molecule has 0 radical (unpaired) electrons. The fourth-order valence-electron chi connectivity index (χ4n) is 0.709. The second-order valence-corrected chi connectivity index (χ2v) is 2.27. The zero-order valence-electron chi connectivity index (χ0n) is 7.19. The Hall–Kier alpha value is -1.59. The minimum absolute atomic E-state index is 0.0734. The third kappa shape index (κ3) is 5.66. The fourth-order valence-corrected chi connectivity index (χ4v) is 0.709. The Morgan fingerprint density at radius 1 is 1.31 bits per heavy atom. The maximum absolute atomic E-state index is 10.4. The largest absolute Gasteiger partial charge is 0.481 e. The molecule has 0 heterocycles. The summed E-state index contributed by atoms with van der Waals surface area (Å²) in [7, 11) is 1.24. The van der Waals surface area contributed by atoms with Crippen molar-refractivity contribution in [2.24, 2.45) is 5.16 Å². The molecular formula is C7H11NO5. The van der Waals surface area contributed by atoms with Gasteiger partial charge in [-0.1, -0.05) is 5.16 Å². The van der Waals surface area contributed by atoms with Gasteiger partial charge in [-0.3, -0.25) is 4.79 Å². The molecular weight excluding hydrogens is 178 g/mol. The van der Waals surface area contributed by atoms with E-state index in [1.807, 2.05) is 0 Å². The van der Waals surface area contributed by atoms with Gasteiger partial charge in [0, 0.05) is 12.8 Å². The summed E-state index contributed by atoms with van der Waals surface area (Å²) in [6, 6.07) is 0. The summed E-state index contributed by atoms with van der Waals surface area (Å²) in [4.78, 5) is 24.8. The molecule has 0 aromatic carbocycles. The highest BCUT2D eigenvalue weighted by atomic mass is 16.6. The van der Waals surface area contributed by atoms with Gasteiger partial charge in [0.2, 0.25) is 0 Å². The standard InChI is InChI=1S/C7H11NO5/c1-13-8-5(7(11)12)3-2-4-6(9)10/h2-4H2,1H3,(H,9,10)(H,11,12). The number of hydrogen-bond donors (Lipinski definition) is 2. The Labute approximate surface area is 74.8 Å². The van der Waals surface area contributed by atoms with Gasteiger partial charge in [0.05, 0.1) is 0 Å². The molecule has 0 spiro atoms. The van der Waals surface area contributed by atoms with Crippen LogP contribution in [-0.4, -0.2) is 35.0 Å². The third-order valence-corrected chi connectivity index (χ3v) is 1.25. The molecule has 0 bridgehead atoms. The first kappa shape index (κ1) is 11.4. The van der Waals surface area contributed by atoms with Crippen LogP contribution in [0.25, 0.3) is 0 Å². The van der Waals surface area contributed by atoms with Crippen molar-refractivity contribution in [1.82, 2.24) is 0 Å². The lowest BCUT2D eigenvalue weighted by Crippen LogP contribution is -2.13. The number of aliphatic carboxylic acids is 2. The molecule has 0 aliphatic rings. The first-order chi connectivity index (χ1) is 6.07. The maximum Gasteiger partial charge on any atom is 0.353 e. The van der Waals surface area contributed by atoms with E-state index >= 15 is 0 Å². The molecule has 2 N–H and O–H groups in total. The smallest absolute Gasteiger partial charge is 0.353 e. The number of nitrogens with zero attached hydrogens (tertiary/aromatic N) is 1. The number of oxime groups is 1. The minimum atomic E-state index is -1.19. The van der Waals surface area contributed by atoms with E-state index in [1.165, 1.54) is 7.11 Å². The molecule has 74 valence electrons. The van der Waals surface area contributed by atoms with Crippen LogP contribution < -0.4 is 0 Å². The van der Waals surface area contributed by atoms with Crippen molar-refractivity contribution in [3.63, 3.8) is 0 Å². The van der Waals surface area contributed by atoms with Crippen molar-refractivity contribution >= 4 is 17.7 Å². The molecule has 0 unspecified atom stereocenters. The Balaban J connectivity index is 3.91. The van der Waals surface area contributed by atoms with Crippen LogP contribution in [0.3, 0.4) is 0 Å². The summed E-state index contributed by atoms with van der Waals surface area (Å²) in [6.45, 7) is 0. The zero-order chi connectivity index (χ0) is 10.3. The van der Waals surface area contributed by atoms with Gasteiger partial charge in [-0.2, -0.15) is 0 Å². The van der Waals surface area contributed by atoms with Gasteiger partial charge in [-0.05, 0) is 6.42 Å². The van der Waals surface area contributed by atoms with Crippen LogP contribution in [0.1, 0.15) is 19.3 Å². The minimum Gasteiger partial charge on any atom is -0.481 e. The van der Waals surface area contributed by atoms with Gasteiger partial charge in [0.25, 0.3) is 0 Å². The summed E-state index contributed by atoms with van der Waals surface area (Å²) in [5, 5.41) is 20.0. The predicted octanol–water partition coefficient (Wildman–Crippen LogP) is 0.328. The van der Waals surface area contributed by atoms with Crippen LogP contribution in [0.5, 0.6) is 0 Å². The summed E-state index contributed by atoms with van der Waals surface area (Å²) in [5.41, 5.74) is -0.163. The second-order valence-electron chi connectivity index (χ2n) is 2.27. The Morgan fingerprint density at radius 2 is 1.92 bits per heavy atom. The lowest BCUT2D eigenvalue weighted by atomic mass is 10.2. The van der Waals surface area contributed by atoms with Gasteiger partial charge in [-0.15, -0.1) is 0 Å². The fraction of sp³-hybridized carbons (Fsp3) is 0.571. The van der Waals surface area contributed by atoms with Gasteiger partial charge in [0.1, 0.15) is 7.11 Å². The molecule has 0 aromatic heterocycles. The molecule has 0 fully saturated rings. The highest BCUT2D eigenvalue weighted by molar-refractivity contribution is 6.35. The van der Waals surface area contributed by atoms with Gasteiger partial charge >= 0.3 is 11.9 Å². The van der Waals surface area contributed by atoms with E-state index < -0.39 is 11.9 Å². The van der Waals surface area contributed by atoms with Crippen molar-refractivity contribution in [1.29, 1.82) is 0 Å². The molecule has 0 amide bonds. The maximum atomic E-state index is 10.4. The van der Waals surface area contributed by atoms with E-state index in [-0.39, 0.29) is 25.0 Å². The number of carboxylic acid groups (broad SMARTS) is 2. The van der Waals surface area contributed by atoms with E-state index in [1.54, 1.807) is 0 Å². The average molecular weight is 189 g/mol. The third-order valence-electron chi connectivity index (χ3n) is 1.25. The zero-order valence-corrected chi connectivity index (χ0v) is 7.19. The normalized spacial score (nSPS) is 11.0. The van der Waals surface area contributed by atoms with Crippen molar-refractivity contribution in [3.8, 4) is 0 Å². The summed E-state index contributed by atoms with van der Waals surface area (Å²) < 4.78 is 0.